The van der Waals surface area contributed by atoms with E-state index in [2.05, 4.69) is 10.6 Å². The maximum atomic E-state index is 10.5. The van der Waals surface area contributed by atoms with Gasteiger partial charge in [-0.3, -0.25) is 0 Å². The van der Waals surface area contributed by atoms with E-state index in [1.165, 1.54) is 9.80 Å². The molecule has 4 unspecified atom stereocenters. The first kappa shape index (κ1) is 21.5. The zero-order valence-corrected chi connectivity index (χ0v) is 15.6. The maximum absolute atomic E-state index is 10.5. The van der Waals surface area contributed by atoms with E-state index in [1.54, 1.807) is 0 Å². The Morgan fingerprint density at radius 1 is 0.708 bits per heavy atom. The Kier molecular flexibility index (Phi) is 8.23. The van der Waals surface area contributed by atoms with E-state index in [9.17, 15) is 19.8 Å². The van der Waals surface area contributed by atoms with E-state index in [4.69, 9.17) is 0 Å². The quantitative estimate of drug-likeness (QED) is 0.409. The molecule has 8 nitrogen and oxygen atoms in total. The van der Waals surface area contributed by atoms with Crippen LogP contribution >= 0.6 is 12.4 Å². The number of amides is 2. The minimum Gasteiger partial charge on any atom is -0.530 e. The minimum atomic E-state index is -1.02. The van der Waals surface area contributed by atoms with Gasteiger partial charge >= 0.3 is 20.4 Å². The molecule has 0 radical (unpaired) electrons. The van der Waals surface area contributed by atoms with Crippen LogP contribution in [0.3, 0.4) is 0 Å². The van der Waals surface area contributed by atoms with Crippen molar-refractivity contribution in [1.29, 1.82) is 0 Å². The molecule has 0 spiro atoms. The van der Waals surface area contributed by atoms with Gasteiger partial charge in [0, 0.05) is 50.3 Å². The Hall–Kier alpha value is -0.588. The van der Waals surface area contributed by atoms with Gasteiger partial charge in [0.2, 0.25) is 0 Å². The van der Waals surface area contributed by atoms with Crippen molar-refractivity contribution in [1.82, 2.24) is 20.4 Å². The monoisotopic (exact) mass is 452 g/mol. The molecule has 2 N–H and O–H groups in total. The molecular weight excluding hydrogens is 430 g/mol. The number of likely N-dealkylation sites (tertiary alicyclic amines) is 2. The second-order valence-electron chi connectivity index (χ2n) is 6.62. The molecule has 0 aromatic carbocycles. The smallest absolute Gasteiger partial charge is 0.530 e. The van der Waals surface area contributed by atoms with Crippen molar-refractivity contribution in [3.63, 3.8) is 0 Å². The summed E-state index contributed by atoms with van der Waals surface area (Å²) in [5.74, 6) is 0. The second-order valence-corrected chi connectivity index (χ2v) is 6.62. The Morgan fingerprint density at radius 2 is 0.958 bits per heavy atom. The van der Waals surface area contributed by atoms with E-state index < -0.39 is 12.2 Å². The largest absolute Gasteiger partial charge is 2.00 e. The molecule has 4 atom stereocenters. The zero-order valence-electron chi connectivity index (χ0n) is 13.2. The molecule has 4 bridgehead atoms. The van der Waals surface area contributed by atoms with Gasteiger partial charge in [-0.25, -0.2) is 0 Å². The van der Waals surface area contributed by atoms with E-state index in [0.29, 0.717) is 50.3 Å². The van der Waals surface area contributed by atoms with E-state index in [0.717, 1.165) is 25.7 Å². The van der Waals surface area contributed by atoms with Crippen LogP contribution in [-0.2, 0) is 20.4 Å². The van der Waals surface area contributed by atoms with Crippen LogP contribution in [0.1, 0.15) is 25.7 Å². The Labute approximate surface area is 161 Å². The molecule has 24 heavy (non-hydrogen) atoms. The third-order valence-electron chi connectivity index (χ3n) is 4.95. The third-order valence-corrected chi connectivity index (χ3v) is 4.95. The predicted molar refractivity (Wildman–Crippen MR) is 81.1 cm³/mol. The van der Waals surface area contributed by atoms with Crippen molar-refractivity contribution >= 4 is 24.6 Å². The van der Waals surface area contributed by atoms with Gasteiger partial charge in [-0.15, -0.1) is 12.4 Å². The number of carbonyl (C=O) groups excluding carboxylic acids is 2. The summed E-state index contributed by atoms with van der Waals surface area (Å²) in [6.07, 6.45) is 2.37. The first-order valence-corrected chi connectivity index (χ1v) is 7.95. The standard InChI is InChI=1S/2C7H12N2O2.ClH.Pd/c2*10-7(11)9-3-5-1-2-6(4-9)8-5;;/h2*5-6,8H,1-4H2,(H,10,11);1H;/q;;;+2/p-2. The number of nitrogens with one attached hydrogen (secondary N) is 2. The summed E-state index contributed by atoms with van der Waals surface area (Å²) in [5.41, 5.74) is 0. The minimum absolute atomic E-state index is 0. The van der Waals surface area contributed by atoms with Crippen LogP contribution in [0.4, 0.5) is 9.59 Å². The van der Waals surface area contributed by atoms with Crippen LogP contribution < -0.4 is 20.8 Å². The Bertz CT molecular complexity index is 394. The van der Waals surface area contributed by atoms with Gasteiger partial charge in [-0.1, -0.05) is 0 Å². The van der Waals surface area contributed by atoms with Crippen molar-refractivity contribution in [2.75, 3.05) is 26.2 Å². The number of carbonyl (C=O) groups is 2. The molecule has 0 aromatic rings. The average molecular weight is 453 g/mol. The van der Waals surface area contributed by atoms with Crippen LogP contribution in [0, 0.1) is 0 Å². The molecule has 4 fully saturated rings. The molecule has 0 aromatic heterocycles. The average Bonchev–Trinajstić information content (AvgIpc) is 3.00. The first-order chi connectivity index (χ1) is 10.5. The van der Waals surface area contributed by atoms with E-state index in [-0.39, 0.29) is 32.8 Å². The molecule has 0 aliphatic carbocycles. The summed E-state index contributed by atoms with van der Waals surface area (Å²) in [5, 5.41) is 27.6. The summed E-state index contributed by atoms with van der Waals surface area (Å²) in [6.45, 7) is 2.44. The van der Waals surface area contributed by atoms with Crippen LogP contribution in [0.5, 0.6) is 0 Å². The number of fused-ring (bicyclic) bond motifs is 4. The van der Waals surface area contributed by atoms with Crippen LogP contribution in [0.15, 0.2) is 0 Å². The predicted octanol–water partition coefficient (Wildman–Crippen LogP) is -2.05. The molecule has 140 valence electrons. The van der Waals surface area contributed by atoms with Crippen molar-refractivity contribution in [3.8, 4) is 0 Å². The number of hydrogen-bond donors (Lipinski definition) is 2. The molecule has 10 heteroatoms. The molecule has 4 saturated heterocycles. The number of halogens is 1. The van der Waals surface area contributed by atoms with Gasteiger partial charge in [0.1, 0.15) is 12.2 Å². The number of nitrogens with zero attached hydrogens (tertiary/aromatic N) is 2. The van der Waals surface area contributed by atoms with E-state index >= 15 is 0 Å². The van der Waals surface area contributed by atoms with Crippen molar-refractivity contribution in [2.24, 2.45) is 0 Å². The number of rotatable bonds is 0. The first-order valence-electron chi connectivity index (χ1n) is 7.95. The molecule has 0 saturated carbocycles. The molecular formula is C14H23ClN4O4Pd. The van der Waals surface area contributed by atoms with Crippen molar-refractivity contribution in [3.05, 3.63) is 0 Å². The van der Waals surface area contributed by atoms with Gasteiger partial charge in [0.15, 0.2) is 0 Å². The molecule has 4 heterocycles. The molecule has 2 amide bonds. The van der Waals surface area contributed by atoms with Crippen LogP contribution in [-0.4, -0.2) is 72.3 Å². The molecule has 4 rings (SSSR count). The third kappa shape index (κ3) is 5.20. The fourth-order valence-corrected chi connectivity index (χ4v) is 3.89. The molecule has 4 aliphatic heterocycles. The van der Waals surface area contributed by atoms with Gasteiger partial charge in [0.05, 0.1) is 0 Å². The number of hydrogen-bond acceptors (Lipinski definition) is 6. The van der Waals surface area contributed by atoms with Gasteiger partial charge < -0.3 is 40.2 Å². The summed E-state index contributed by atoms with van der Waals surface area (Å²) in [6, 6.07) is 1.52. The molecule has 4 aliphatic rings. The SMILES string of the molecule is Cl.O=C([O-])N1CC2CCC(C1)N2.O=C([O-])N1CC2CCC(C1)N2.[Pd+2]. The number of piperazine rings is 2. The van der Waals surface area contributed by atoms with E-state index in [1.807, 2.05) is 0 Å². The Morgan fingerprint density at radius 3 is 1.17 bits per heavy atom. The van der Waals surface area contributed by atoms with Crippen LogP contribution in [0.25, 0.3) is 0 Å². The fraction of sp³-hybridized carbons (Fsp3) is 0.857. The summed E-state index contributed by atoms with van der Waals surface area (Å²) in [4.78, 5) is 23.7. The van der Waals surface area contributed by atoms with Gasteiger partial charge in [-0.2, -0.15) is 0 Å². The van der Waals surface area contributed by atoms with Crippen molar-refractivity contribution in [2.45, 2.75) is 49.9 Å². The van der Waals surface area contributed by atoms with Crippen LogP contribution in [0.2, 0.25) is 0 Å². The number of carboxylic acid groups (broad SMARTS) is 2. The van der Waals surface area contributed by atoms with Gasteiger partial charge in [-0.05, 0) is 25.7 Å². The summed E-state index contributed by atoms with van der Waals surface area (Å²) in [7, 11) is 0. The Balaban J connectivity index is 0.000000222. The van der Waals surface area contributed by atoms with Gasteiger partial charge in [0.25, 0.3) is 0 Å². The summed E-state index contributed by atoms with van der Waals surface area (Å²) >= 11 is 0. The zero-order chi connectivity index (χ0) is 15.7. The normalized spacial score (nSPS) is 32.8. The topological polar surface area (TPSA) is 111 Å². The fourth-order valence-electron chi connectivity index (χ4n) is 3.89. The maximum Gasteiger partial charge on any atom is 2.00 e. The van der Waals surface area contributed by atoms with Crippen molar-refractivity contribution < 1.29 is 40.2 Å². The summed E-state index contributed by atoms with van der Waals surface area (Å²) < 4.78 is 0. The second kappa shape index (κ2) is 9.20.